The first-order valence-electron chi connectivity index (χ1n) is 5.75. The molecular weight excluding hydrogens is 286 g/mol. The van der Waals surface area contributed by atoms with E-state index in [1.54, 1.807) is 12.1 Å². The van der Waals surface area contributed by atoms with Gasteiger partial charge in [0.1, 0.15) is 11.6 Å². The first-order valence-corrected chi connectivity index (χ1v) is 6.13. The Balaban J connectivity index is 2.13. The molecule has 0 aliphatic heterocycles. The highest BCUT2D eigenvalue weighted by molar-refractivity contribution is 6.33. The van der Waals surface area contributed by atoms with Crippen LogP contribution in [0.25, 0.3) is 0 Å². The van der Waals surface area contributed by atoms with Gasteiger partial charge in [-0.2, -0.15) is 0 Å². The van der Waals surface area contributed by atoms with Gasteiger partial charge in [0.05, 0.1) is 16.3 Å². The molecule has 0 fully saturated rings. The smallest absolute Gasteiger partial charge is 0.253 e. The van der Waals surface area contributed by atoms with Crippen LogP contribution < -0.4 is 11.1 Å². The van der Waals surface area contributed by atoms with E-state index in [4.69, 9.17) is 17.3 Å². The van der Waals surface area contributed by atoms with Crippen LogP contribution in [-0.4, -0.2) is 5.91 Å². The standard InChI is InChI=1S/C14H11ClF2N2O/c15-11-3-1-2-10(13(11)18)14(20)19-7-8-6-9(16)4-5-12(8)17/h1-6H,7,18H2,(H,19,20). The molecule has 2 aromatic carbocycles. The van der Waals surface area contributed by atoms with Gasteiger partial charge in [-0.15, -0.1) is 0 Å². The summed E-state index contributed by atoms with van der Waals surface area (Å²) in [7, 11) is 0. The number of nitrogens with one attached hydrogen (secondary N) is 1. The largest absolute Gasteiger partial charge is 0.397 e. The van der Waals surface area contributed by atoms with E-state index < -0.39 is 17.5 Å². The average molecular weight is 297 g/mol. The highest BCUT2D eigenvalue weighted by atomic mass is 35.5. The Labute approximate surface area is 119 Å². The van der Waals surface area contributed by atoms with Crippen molar-refractivity contribution in [2.75, 3.05) is 5.73 Å². The first kappa shape index (κ1) is 14.3. The van der Waals surface area contributed by atoms with E-state index >= 15 is 0 Å². The summed E-state index contributed by atoms with van der Waals surface area (Å²) >= 11 is 5.81. The molecule has 0 aliphatic carbocycles. The van der Waals surface area contributed by atoms with Crippen molar-refractivity contribution in [2.24, 2.45) is 0 Å². The Hall–Kier alpha value is -2.14. The highest BCUT2D eigenvalue weighted by Crippen LogP contribution is 2.22. The third-order valence-corrected chi connectivity index (χ3v) is 3.07. The van der Waals surface area contributed by atoms with E-state index in [-0.39, 0.29) is 28.4 Å². The monoisotopic (exact) mass is 296 g/mol. The second-order valence-electron chi connectivity index (χ2n) is 4.12. The van der Waals surface area contributed by atoms with Crippen molar-refractivity contribution in [1.82, 2.24) is 5.32 Å². The van der Waals surface area contributed by atoms with Crippen molar-refractivity contribution in [2.45, 2.75) is 6.54 Å². The van der Waals surface area contributed by atoms with Crippen molar-refractivity contribution < 1.29 is 13.6 Å². The second kappa shape index (κ2) is 5.88. The van der Waals surface area contributed by atoms with Crippen LogP contribution in [0.4, 0.5) is 14.5 Å². The van der Waals surface area contributed by atoms with Gasteiger partial charge in [-0.1, -0.05) is 17.7 Å². The predicted octanol–water partition coefficient (Wildman–Crippen LogP) is 3.13. The van der Waals surface area contributed by atoms with E-state index in [1.807, 2.05) is 0 Å². The number of carbonyl (C=O) groups is 1. The molecule has 20 heavy (non-hydrogen) atoms. The van der Waals surface area contributed by atoms with Crippen molar-refractivity contribution >= 4 is 23.2 Å². The zero-order valence-electron chi connectivity index (χ0n) is 10.3. The molecule has 0 radical (unpaired) electrons. The fraction of sp³-hybridized carbons (Fsp3) is 0.0714. The van der Waals surface area contributed by atoms with Gasteiger partial charge in [0.2, 0.25) is 0 Å². The van der Waals surface area contributed by atoms with Gasteiger partial charge in [-0.3, -0.25) is 4.79 Å². The van der Waals surface area contributed by atoms with E-state index in [9.17, 15) is 13.6 Å². The third kappa shape index (κ3) is 3.05. The fourth-order valence-electron chi connectivity index (χ4n) is 1.68. The minimum atomic E-state index is -0.592. The number of para-hydroxylation sites is 1. The minimum Gasteiger partial charge on any atom is -0.397 e. The third-order valence-electron chi connectivity index (χ3n) is 2.74. The summed E-state index contributed by atoms with van der Waals surface area (Å²) in [6.07, 6.45) is 0. The Morgan fingerprint density at radius 1 is 1.25 bits per heavy atom. The van der Waals surface area contributed by atoms with Crippen LogP contribution in [0.5, 0.6) is 0 Å². The van der Waals surface area contributed by atoms with E-state index in [1.165, 1.54) is 6.07 Å². The Morgan fingerprint density at radius 2 is 2.00 bits per heavy atom. The topological polar surface area (TPSA) is 55.1 Å². The number of rotatable bonds is 3. The van der Waals surface area contributed by atoms with Crippen molar-refractivity contribution in [1.29, 1.82) is 0 Å². The lowest BCUT2D eigenvalue weighted by molar-refractivity contribution is 0.0951. The maximum atomic E-state index is 13.4. The van der Waals surface area contributed by atoms with E-state index in [0.717, 1.165) is 18.2 Å². The molecule has 0 bridgehead atoms. The van der Waals surface area contributed by atoms with Gasteiger partial charge >= 0.3 is 0 Å². The molecule has 0 saturated carbocycles. The molecule has 0 saturated heterocycles. The number of nitrogen functional groups attached to an aromatic ring is 1. The highest BCUT2D eigenvalue weighted by Gasteiger charge is 2.12. The molecule has 1 amide bonds. The minimum absolute atomic E-state index is 0.0546. The van der Waals surface area contributed by atoms with Gasteiger partial charge in [0, 0.05) is 12.1 Å². The van der Waals surface area contributed by atoms with Gasteiger partial charge in [-0.05, 0) is 30.3 Å². The molecule has 2 rings (SSSR count). The first-order chi connectivity index (χ1) is 9.49. The molecule has 0 heterocycles. The van der Waals surface area contributed by atoms with Crippen LogP contribution in [-0.2, 0) is 6.54 Å². The lowest BCUT2D eigenvalue weighted by Gasteiger charge is -2.09. The fourth-order valence-corrected chi connectivity index (χ4v) is 1.86. The normalized spacial score (nSPS) is 10.3. The van der Waals surface area contributed by atoms with E-state index in [2.05, 4.69) is 5.32 Å². The van der Waals surface area contributed by atoms with Crippen LogP contribution in [0.15, 0.2) is 36.4 Å². The Bertz CT molecular complexity index is 662. The number of carbonyl (C=O) groups excluding carboxylic acids is 1. The van der Waals surface area contributed by atoms with Gasteiger partial charge in [0.25, 0.3) is 5.91 Å². The van der Waals surface area contributed by atoms with Crippen molar-refractivity contribution in [3.63, 3.8) is 0 Å². The zero-order chi connectivity index (χ0) is 14.7. The number of hydrogen-bond donors (Lipinski definition) is 2. The molecule has 2 aromatic rings. The molecular formula is C14H11ClF2N2O. The lowest BCUT2D eigenvalue weighted by atomic mass is 10.1. The Morgan fingerprint density at radius 3 is 2.75 bits per heavy atom. The quantitative estimate of drug-likeness (QED) is 0.855. The van der Waals surface area contributed by atoms with Gasteiger partial charge < -0.3 is 11.1 Å². The van der Waals surface area contributed by atoms with Crippen LogP contribution in [0.2, 0.25) is 5.02 Å². The number of nitrogens with two attached hydrogens (primary N) is 1. The molecule has 3 nitrogen and oxygen atoms in total. The van der Waals surface area contributed by atoms with Crippen molar-refractivity contribution in [3.8, 4) is 0 Å². The summed E-state index contributed by atoms with van der Waals surface area (Å²) < 4.78 is 26.4. The molecule has 104 valence electrons. The van der Waals surface area contributed by atoms with Crippen LogP contribution >= 0.6 is 11.6 Å². The zero-order valence-corrected chi connectivity index (χ0v) is 11.0. The number of benzene rings is 2. The molecule has 0 atom stereocenters. The number of halogens is 3. The van der Waals surface area contributed by atoms with Crippen LogP contribution in [0.1, 0.15) is 15.9 Å². The maximum Gasteiger partial charge on any atom is 0.253 e. The summed E-state index contributed by atoms with van der Waals surface area (Å²) in [6.45, 7) is -0.144. The lowest BCUT2D eigenvalue weighted by Crippen LogP contribution is -2.24. The Kier molecular flexibility index (Phi) is 4.20. The van der Waals surface area contributed by atoms with Crippen molar-refractivity contribution in [3.05, 3.63) is 64.2 Å². The predicted molar refractivity (Wildman–Crippen MR) is 73.4 cm³/mol. The SMILES string of the molecule is Nc1c(Cl)cccc1C(=O)NCc1cc(F)ccc1F. The number of amides is 1. The second-order valence-corrected chi connectivity index (χ2v) is 4.53. The molecule has 0 aliphatic rings. The summed E-state index contributed by atoms with van der Waals surface area (Å²) in [5.41, 5.74) is 6.07. The molecule has 6 heteroatoms. The van der Waals surface area contributed by atoms with Gasteiger partial charge in [0.15, 0.2) is 0 Å². The summed E-state index contributed by atoms with van der Waals surface area (Å²) in [5, 5.41) is 2.73. The maximum absolute atomic E-state index is 13.4. The summed E-state index contributed by atoms with van der Waals surface area (Å²) in [4.78, 5) is 11.9. The summed E-state index contributed by atoms with van der Waals surface area (Å²) in [6, 6.07) is 7.67. The number of hydrogen-bond acceptors (Lipinski definition) is 2. The van der Waals surface area contributed by atoms with Crippen LogP contribution in [0.3, 0.4) is 0 Å². The van der Waals surface area contributed by atoms with E-state index in [0.29, 0.717) is 0 Å². The summed E-state index contributed by atoms with van der Waals surface area (Å²) in [5.74, 6) is -1.67. The molecule has 3 N–H and O–H groups in total. The number of anilines is 1. The van der Waals surface area contributed by atoms with Crippen LogP contribution in [0, 0.1) is 11.6 Å². The molecule has 0 unspecified atom stereocenters. The molecule has 0 spiro atoms. The van der Waals surface area contributed by atoms with Gasteiger partial charge in [-0.25, -0.2) is 8.78 Å². The average Bonchev–Trinajstić information content (AvgIpc) is 2.42. The molecule has 0 aromatic heterocycles.